The zero-order valence-corrected chi connectivity index (χ0v) is 12.7. The molecule has 0 atom stereocenters. The van der Waals surface area contributed by atoms with Crippen molar-refractivity contribution in [2.24, 2.45) is 0 Å². The highest BCUT2D eigenvalue weighted by Crippen LogP contribution is 2.25. The summed E-state index contributed by atoms with van der Waals surface area (Å²) in [5.41, 5.74) is 10.1. The van der Waals surface area contributed by atoms with Gasteiger partial charge in [-0.3, -0.25) is 0 Å². The molecule has 3 nitrogen and oxygen atoms in total. The van der Waals surface area contributed by atoms with Crippen molar-refractivity contribution >= 4 is 17.4 Å². The average molecular weight is 295 g/mol. The summed E-state index contributed by atoms with van der Waals surface area (Å²) in [6.45, 7) is 2.03. The normalized spacial score (nSPS) is 10.7. The Kier molecular flexibility index (Phi) is 3.97. The fraction of sp³-hybridized carbons (Fsp3) is 0.118. The van der Waals surface area contributed by atoms with Gasteiger partial charge < -0.3 is 5.73 Å². The maximum Gasteiger partial charge on any atom is 0.0645 e. The third kappa shape index (κ3) is 3.28. The highest BCUT2D eigenvalue weighted by molar-refractivity contribution is 7.98. The second-order valence-corrected chi connectivity index (χ2v) is 5.98. The summed E-state index contributed by atoms with van der Waals surface area (Å²) in [5, 5.41) is 4.41. The van der Waals surface area contributed by atoms with Crippen LogP contribution in [0.5, 0.6) is 0 Å². The van der Waals surface area contributed by atoms with Crippen LogP contribution in [0, 0.1) is 6.92 Å². The number of thioether (sulfide) groups is 1. The van der Waals surface area contributed by atoms with E-state index in [0.29, 0.717) is 0 Å². The summed E-state index contributed by atoms with van der Waals surface area (Å²) in [5.74, 6) is 0.899. The van der Waals surface area contributed by atoms with Gasteiger partial charge in [-0.15, -0.1) is 11.8 Å². The molecule has 3 aromatic rings. The summed E-state index contributed by atoms with van der Waals surface area (Å²) in [7, 11) is 0. The van der Waals surface area contributed by atoms with Gasteiger partial charge in [0, 0.05) is 28.1 Å². The SMILES string of the molecule is Cc1cc(SCc2cnn(-c3ccccc3)c2)ccc1N. The van der Waals surface area contributed by atoms with Crippen LogP contribution in [0.4, 0.5) is 5.69 Å². The van der Waals surface area contributed by atoms with E-state index in [4.69, 9.17) is 5.73 Å². The number of nitrogens with two attached hydrogens (primary N) is 1. The molecular weight excluding hydrogens is 278 g/mol. The number of nitrogens with zero attached hydrogens (tertiary/aromatic N) is 2. The number of anilines is 1. The molecule has 1 aromatic heterocycles. The molecule has 4 heteroatoms. The molecule has 0 saturated carbocycles. The predicted molar refractivity (Wildman–Crippen MR) is 88.7 cm³/mol. The molecule has 21 heavy (non-hydrogen) atoms. The third-order valence-electron chi connectivity index (χ3n) is 3.30. The zero-order valence-electron chi connectivity index (χ0n) is 11.9. The number of hydrogen-bond acceptors (Lipinski definition) is 3. The first-order valence-electron chi connectivity index (χ1n) is 6.80. The topological polar surface area (TPSA) is 43.8 Å². The fourth-order valence-corrected chi connectivity index (χ4v) is 2.97. The van der Waals surface area contributed by atoms with Crippen LogP contribution in [0.25, 0.3) is 5.69 Å². The van der Waals surface area contributed by atoms with Crippen LogP contribution >= 0.6 is 11.8 Å². The lowest BCUT2D eigenvalue weighted by molar-refractivity contribution is 0.880. The lowest BCUT2D eigenvalue weighted by Gasteiger charge is -2.04. The number of nitrogen functional groups attached to an aromatic ring is 1. The van der Waals surface area contributed by atoms with Gasteiger partial charge in [0.25, 0.3) is 0 Å². The number of para-hydroxylation sites is 1. The largest absolute Gasteiger partial charge is 0.399 e. The van der Waals surface area contributed by atoms with E-state index in [0.717, 1.165) is 22.7 Å². The van der Waals surface area contributed by atoms with E-state index in [-0.39, 0.29) is 0 Å². The quantitative estimate of drug-likeness (QED) is 0.583. The number of aryl methyl sites for hydroxylation is 1. The number of aromatic nitrogens is 2. The molecule has 0 fully saturated rings. The number of hydrogen-bond donors (Lipinski definition) is 1. The summed E-state index contributed by atoms with van der Waals surface area (Å²) < 4.78 is 1.91. The van der Waals surface area contributed by atoms with Crippen molar-refractivity contribution in [1.82, 2.24) is 9.78 Å². The van der Waals surface area contributed by atoms with Crippen molar-refractivity contribution in [3.8, 4) is 5.69 Å². The summed E-state index contributed by atoms with van der Waals surface area (Å²) in [6.07, 6.45) is 4.00. The van der Waals surface area contributed by atoms with E-state index in [9.17, 15) is 0 Å². The highest BCUT2D eigenvalue weighted by Gasteiger charge is 2.03. The average Bonchev–Trinajstić information content (AvgIpc) is 2.98. The third-order valence-corrected chi connectivity index (χ3v) is 4.37. The Morgan fingerprint density at radius 3 is 2.71 bits per heavy atom. The summed E-state index contributed by atoms with van der Waals surface area (Å²) >= 11 is 1.80. The van der Waals surface area contributed by atoms with Gasteiger partial charge in [0.2, 0.25) is 0 Å². The molecule has 0 aliphatic heterocycles. The second kappa shape index (κ2) is 6.06. The minimum absolute atomic E-state index is 0.844. The number of benzene rings is 2. The van der Waals surface area contributed by atoms with E-state index < -0.39 is 0 Å². The lowest BCUT2D eigenvalue weighted by Crippen LogP contribution is -1.92. The molecule has 0 unspecified atom stereocenters. The Hall–Kier alpha value is -2.20. The molecule has 3 rings (SSSR count). The Labute approximate surface area is 128 Å². The standard InChI is InChI=1S/C17H17N3S/c1-13-9-16(7-8-17(13)18)21-12-14-10-19-20(11-14)15-5-3-2-4-6-15/h2-11H,12,18H2,1H3. The van der Waals surface area contributed by atoms with E-state index in [1.54, 1.807) is 11.8 Å². The maximum atomic E-state index is 5.84. The van der Waals surface area contributed by atoms with Crippen LogP contribution in [-0.4, -0.2) is 9.78 Å². The first kappa shape index (κ1) is 13.8. The molecule has 0 amide bonds. The van der Waals surface area contributed by atoms with E-state index in [2.05, 4.69) is 23.4 Å². The molecule has 0 aliphatic rings. The molecule has 0 saturated heterocycles. The van der Waals surface area contributed by atoms with Crippen LogP contribution < -0.4 is 5.73 Å². The molecule has 0 radical (unpaired) electrons. The molecule has 2 N–H and O–H groups in total. The lowest BCUT2D eigenvalue weighted by atomic mass is 10.2. The molecule has 0 aliphatic carbocycles. The van der Waals surface area contributed by atoms with Crippen molar-refractivity contribution in [3.63, 3.8) is 0 Å². The number of rotatable bonds is 4. The fourth-order valence-electron chi connectivity index (χ4n) is 2.06. The summed E-state index contributed by atoms with van der Waals surface area (Å²) in [4.78, 5) is 1.23. The van der Waals surface area contributed by atoms with Gasteiger partial charge >= 0.3 is 0 Å². The molecule has 0 spiro atoms. The molecule has 0 bridgehead atoms. The highest BCUT2D eigenvalue weighted by atomic mass is 32.2. The van der Waals surface area contributed by atoms with Gasteiger partial charge in [0.1, 0.15) is 0 Å². The maximum absolute atomic E-state index is 5.84. The van der Waals surface area contributed by atoms with Crippen LogP contribution in [0.1, 0.15) is 11.1 Å². The van der Waals surface area contributed by atoms with Gasteiger partial charge in [-0.25, -0.2) is 4.68 Å². The Bertz CT molecular complexity index is 735. The first-order chi connectivity index (χ1) is 10.2. The minimum Gasteiger partial charge on any atom is -0.399 e. The molecule has 106 valence electrons. The Balaban J connectivity index is 1.69. The van der Waals surface area contributed by atoms with Gasteiger partial charge in [-0.05, 0) is 42.8 Å². The van der Waals surface area contributed by atoms with Crippen LogP contribution in [0.2, 0.25) is 0 Å². The zero-order chi connectivity index (χ0) is 14.7. The van der Waals surface area contributed by atoms with Gasteiger partial charge in [-0.2, -0.15) is 5.10 Å². The van der Waals surface area contributed by atoms with E-state index in [1.807, 2.05) is 54.2 Å². The first-order valence-corrected chi connectivity index (χ1v) is 7.79. The van der Waals surface area contributed by atoms with Crippen molar-refractivity contribution in [2.45, 2.75) is 17.6 Å². The Morgan fingerprint density at radius 1 is 1.14 bits per heavy atom. The summed E-state index contributed by atoms with van der Waals surface area (Å²) in [6, 6.07) is 16.3. The van der Waals surface area contributed by atoms with Crippen molar-refractivity contribution < 1.29 is 0 Å². The van der Waals surface area contributed by atoms with Crippen LogP contribution in [-0.2, 0) is 5.75 Å². The smallest absolute Gasteiger partial charge is 0.0645 e. The van der Waals surface area contributed by atoms with Crippen LogP contribution in [0.15, 0.2) is 65.8 Å². The second-order valence-electron chi connectivity index (χ2n) is 4.94. The van der Waals surface area contributed by atoms with Crippen molar-refractivity contribution in [3.05, 3.63) is 72.1 Å². The van der Waals surface area contributed by atoms with Crippen molar-refractivity contribution in [2.75, 3.05) is 5.73 Å². The van der Waals surface area contributed by atoms with Gasteiger partial charge in [0.15, 0.2) is 0 Å². The van der Waals surface area contributed by atoms with Crippen LogP contribution in [0.3, 0.4) is 0 Å². The van der Waals surface area contributed by atoms with Crippen molar-refractivity contribution in [1.29, 1.82) is 0 Å². The van der Waals surface area contributed by atoms with E-state index in [1.165, 1.54) is 10.5 Å². The Morgan fingerprint density at radius 2 is 1.95 bits per heavy atom. The monoisotopic (exact) mass is 295 g/mol. The minimum atomic E-state index is 0.844. The molecule has 2 aromatic carbocycles. The molecular formula is C17H17N3S. The van der Waals surface area contributed by atoms with Gasteiger partial charge in [-0.1, -0.05) is 18.2 Å². The predicted octanol–water partition coefficient (Wildman–Crippen LogP) is 4.06. The van der Waals surface area contributed by atoms with E-state index >= 15 is 0 Å². The molecule has 1 heterocycles. The van der Waals surface area contributed by atoms with Gasteiger partial charge in [0.05, 0.1) is 11.9 Å².